The van der Waals surface area contributed by atoms with Crippen molar-refractivity contribution < 1.29 is 14.6 Å². The highest BCUT2D eigenvalue weighted by molar-refractivity contribution is 5.66. The second-order valence-corrected chi connectivity index (χ2v) is 4.66. The number of ether oxygens (including phenoxy) is 1. The number of aliphatic carboxylic acids is 1. The van der Waals surface area contributed by atoms with E-state index < -0.39 is 5.97 Å². The number of hydrogen-bond acceptors (Lipinski definition) is 2. The summed E-state index contributed by atoms with van der Waals surface area (Å²) >= 11 is 0. The molecular formula is C14H20O3. The van der Waals surface area contributed by atoms with Crippen LogP contribution < -0.4 is 0 Å². The second-order valence-electron chi connectivity index (χ2n) is 4.66. The van der Waals surface area contributed by atoms with Gasteiger partial charge in [0.05, 0.1) is 5.60 Å². The van der Waals surface area contributed by atoms with Crippen LogP contribution in [-0.2, 0) is 21.6 Å². The van der Waals surface area contributed by atoms with E-state index in [4.69, 9.17) is 9.84 Å². The smallest absolute Gasteiger partial charge is 0.303 e. The van der Waals surface area contributed by atoms with Crippen molar-refractivity contribution in [2.24, 2.45) is 0 Å². The summed E-state index contributed by atoms with van der Waals surface area (Å²) in [6.07, 6.45) is 1.72. The lowest BCUT2D eigenvalue weighted by Crippen LogP contribution is -2.19. The summed E-state index contributed by atoms with van der Waals surface area (Å²) in [6, 6.07) is 8.16. The molecule has 0 saturated carbocycles. The monoisotopic (exact) mass is 236 g/mol. The number of benzene rings is 1. The normalized spacial score (nSPS) is 11.5. The summed E-state index contributed by atoms with van der Waals surface area (Å²) < 4.78 is 5.40. The van der Waals surface area contributed by atoms with Crippen molar-refractivity contribution in [3.05, 3.63) is 35.4 Å². The Labute approximate surface area is 102 Å². The van der Waals surface area contributed by atoms with Crippen LogP contribution in [0.1, 0.15) is 37.8 Å². The van der Waals surface area contributed by atoms with Crippen LogP contribution in [0, 0.1) is 0 Å². The van der Waals surface area contributed by atoms with E-state index >= 15 is 0 Å². The van der Waals surface area contributed by atoms with Crippen LogP contribution >= 0.6 is 0 Å². The Kier molecular flexibility index (Phi) is 4.70. The van der Waals surface area contributed by atoms with Crippen molar-refractivity contribution >= 4 is 5.97 Å². The molecule has 0 amide bonds. The molecule has 0 radical (unpaired) electrons. The standard InChI is InChI=1S/C14H20O3/c1-14(2,17-3)12-9-7-11(8-10-12)5-4-6-13(15)16/h7-10H,4-6H2,1-3H3,(H,15,16). The molecule has 0 aliphatic rings. The maximum absolute atomic E-state index is 10.4. The Morgan fingerprint density at radius 3 is 2.35 bits per heavy atom. The maximum atomic E-state index is 10.4. The lowest BCUT2D eigenvalue weighted by molar-refractivity contribution is -0.137. The molecule has 1 aromatic carbocycles. The van der Waals surface area contributed by atoms with E-state index in [9.17, 15) is 4.79 Å². The Hall–Kier alpha value is -1.35. The van der Waals surface area contributed by atoms with Crippen molar-refractivity contribution in [3.63, 3.8) is 0 Å². The first-order valence-electron chi connectivity index (χ1n) is 5.82. The van der Waals surface area contributed by atoms with E-state index in [1.807, 2.05) is 38.1 Å². The summed E-state index contributed by atoms with van der Waals surface area (Å²) in [5.41, 5.74) is 2.02. The zero-order chi connectivity index (χ0) is 12.9. The average Bonchev–Trinajstić information content (AvgIpc) is 2.29. The van der Waals surface area contributed by atoms with E-state index in [-0.39, 0.29) is 12.0 Å². The van der Waals surface area contributed by atoms with Gasteiger partial charge in [-0.3, -0.25) is 4.79 Å². The summed E-state index contributed by atoms with van der Waals surface area (Å²) in [6.45, 7) is 4.04. The number of hydrogen-bond donors (Lipinski definition) is 1. The SMILES string of the molecule is COC(C)(C)c1ccc(CCCC(=O)O)cc1. The van der Waals surface area contributed by atoms with E-state index in [1.165, 1.54) is 5.56 Å². The Bertz CT molecular complexity index is 366. The summed E-state index contributed by atoms with van der Waals surface area (Å²) in [5, 5.41) is 8.56. The third kappa shape index (κ3) is 4.19. The molecule has 1 N–H and O–H groups in total. The van der Waals surface area contributed by atoms with Crippen LogP contribution in [0.2, 0.25) is 0 Å². The highest BCUT2D eigenvalue weighted by Gasteiger charge is 2.18. The predicted molar refractivity (Wildman–Crippen MR) is 67.1 cm³/mol. The van der Waals surface area contributed by atoms with Gasteiger partial charge in [0.2, 0.25) is 0 Å². The van der Waals surface area contributed by atoms with Crippen LogP contribution in [0.5, 0.6) is 0 Å². The fourth-order valence-electron chi connectivity index (χ4n) is 1.63. The number of rotatable bonds is 6. The van der Waals surface area contributed by atoms with E-state index in [1.54, 1.807) is 7.11 Å². The maximum Gasteiger partial charge on any atom is 0.303 e. The molecular weight excluding hydrogens is 216 g/mol. The van der Waals surface area contributed by atoms with Gasteiger partial charge in [-0.15, -0.1) is 0 Å². The summed E-state index contributed by atoms with van der Waals surface area (Å²) in [4.78, 5) is 10.4. The molecule has 0 spiro atoms. The first-order valence-corrected chi connectivity index (χ1v) is 5.82. The lowest BCUT2D eigenvalue weighted by atomic mass is 9.96. The van der Waals surface area contributed by atoms with Crippen molar-refractivity contribution in [2.45, 2.75) is 38.7 Å². The molecule has 0 saturated heterocycles. The van der Waals surface area contributed by atoms with Gasteiger partial charge in [-0.05, 0) is 37.8 Å². The molecule has 0 unspecified atom stereocenters. The van der Waals surface area contributed by atoms with Gasteiger partial charge < -0.3 is 9.84 Å². The van der Waals surface area contributed by atoms with Crippen molar-refractivity contribution in [3.8, 4) is 0 Å². The fraction of sp³-hybridized carbons (Fsp3) is 0.500. The molecule has 0 heterocycles. The summed E-state index contributed by atoms with van der Waals surface area (Å²) in [5.74, 6) is -0.734. The first kappa shape index (κ1) is 13.7. The molecule has 0 aliphatic carbocycles. The van der Waals surface area contributed by atoms with E-state index in [2.05, 4.69) is 0 Å². The van der Waals surface area contributed by atoms with Crippen molar-refractivity contribution in [2.75, 3.05) is 7.11 Å². The zero-order valence-corrected chi connectivity index (χ0v) is 10.7. The van der Waals surface area contributed by atoms with Gasteiger partial charge in [-0.1, -0.05) is 24.3 Å². The molecule has 0 atom stereocenters. The molecule has 3 nitrogen and oxygen atoms in total. The predicted octanol–water partition coefficient (Wildman–Crippen LogP) is 2.98. The van der Waals surface area contributed by atoms with Gasteiger partial charge in [0.1, 0.15) is 0 Å². The van der Waals surface area contributed by atoms with Gasteiger partial charge in [-0.25, -0.2) is 0 Å². The molecule has 94 valence electrons. The Balaban J connectivity index is 2.59. The van der Waals surface area contributed by atoms with Gasteiger partial charge in [0.25, 0.3) is 0 Å². The van der Waals surface area contributed by atoms with Gasteiger partial charge in [0.15, 0.2) is 0 Å². The third-order valence-electron chi connectivity index (χ3n) is 3.02. The van der Waals surface area contributed by atoms with Crippen molar-refractivity contribution in [1.29, 1.82) is 0 Å². The number of carbonyl (C=O) groups is 1. The van der Waals surface area contributed by atoms with Crippen LogP contribution in [0.4, 0.5) is 0 Å². The highest BCUT2D eigenvalue weighted by atomic mass is 16.5. The number of carboxylic acids is 1. The highest BCUT2D eigenvalue weighted by Crippen LogP contribution is 2.24. The largest absolute Gasteiger partial charge is 0.481 e. The van der Waals surface area contributed by atoms with Crippen molar-refractivity contribution in [1.82, 2.24) is 0 Å². The minimum absolute atomic E-state index is 0.227. The van der Waals surface area contributed by atoms with Crippen LogP contribution in [0.25, 0.3) is 0 Å². The number of carboxylic acid groups (broad SMARTS) is 1. The van der Waals surface area contributed by atoms with E-state index in [0.29, 0.717) is 6.42 Å². The Morgan fingerprint density at radius 2 is 1.88 bits per heavy atom. The lowest BCUT2D eigenvalue weighted by Gasteiger charge is -2.23. The van der Waals surface area contributed by atoms with E-state index in [0.717, 1.165) is 12.0 Å². The molecule has 0 fully saturated rings. The van der Waals surface area contributed by atoms with Gasteiger partial charge in [-0.2, -0.15) is 0 Å². The minimum atomic E-state index is -0.734. The number of methoxy groups -OCH3 is 1. The molecule has 17 heavy (non-hydrogen) atoms. The summed E-state index contributed by atoms with van der Waals surface area (Å²) in [7, 11) is 1.70. The second kappa shape index (κ2) is 5.82. The molecule has 0 bridgehead atoms. The first-order chi connectivity index (χ1) is 7.95. The molecule has 3 heteroatoms. The Morgan fingerprint density at radius 1 is 1.29 bits per heavy atom. The third-order valence-corrected chi connectivity index (χ3v) is 3.02. The van der Waals surface area contributed by atoms with Crippen LogP contribution in [-0.4, -0.2) is 18.2 Å². The quantitative estimate of drug-likeness (QED) is 0.826. The minimum Gasteiger partial charge on any atom is -0.481 e. The van der Waals surface area contributed by atoms with Gasteiger partial charge >= 0.3 is 5.97 Å². The topological polar surface area (TPSA) is 46.5 Å². The molecule has 1 rings (SSSR count). The van der Waals surface area contributed by atoms with Crippen LogP contribution in [0.3, 0.4) is 0 Å². The average molecular weight is 236 g/mol. The number of aryl methyl sites for hydroxylation is 1. The molecule has 0 aromatic heterocycles. The fourth-order valence-corrected chi connectivity index (χ4v) is 1.63. The molecule has 1 aromatic rings. The zero-order valence-electron chi connectivity index (χ0n) is 10.7. The van der Waals surface area contributed by atoms with Gasteiger partial charge in [0, 0.05) is 13.5 Å². The van der Waals surface area contributed by atoms with Crippen LogP contribution in [0.15, 0.2) is 24.3 Å². The molecule has 0 aliphatic heterocycles.